The van der Waals surface area contributed by atoms with E-state index in [2.05, 4.69) is 0 Å². The normalized spacial score (nSPS) is 25.9. The Labute approximate surface area is 296 Å². The van der Waals surface area contributed by atoms with Crippen LogP contribution >= 0.6 is 81.2 Å². The average Bonchev–Trinajstić information content (AvgIpc) is 3.43. The van der Waals surface area contributed by atoms with E-state index >= 15 is 0 Å². The summed E-state index contributed by atoms with van der Waals surface area (Å²) in [5.74, 6) is -7.26. The molecule has 2 fully saturated rings. The van der Waals surface area contributed by atoms with E-state index in [1.165, 1.54) is 42.5 Å². The van der Waals surface area contributed by atoms with Gasteiger partial charge in [0.05, 0.1) is 38.0 Å². The van der Waals surface area contributed by atoms with Gasteiger partial charge in [-0.3, -0.25) is 19.2 Å². The molecule has 6 rings (SSSR count). The molecule has 8 nitrogen and oxygen atoms in total. The molecule has 3 aromatic rings. The SMILES string of the molecule is O=C(CN(C(=O)c1ccccc1Cl)N1C(=O)[C@@H]2[C@@H](C1=O)[C@@]1(Cl)C(Cl)=C(Cl)[C@@]2(Cl)C1(Cl)Cl)c1ccc(OC(=O)c2ccccc2)cc1. The molecule has 46 heavy (non-hydrogen) atoms. The number of halogens is 7. The molecule has 236 valence electrons. The molecule has 2 bridgehead atoms. The van der Waals surface area contributed by atoms with Crippen molar-refractivity contribution in [1.29, 1.82) is 0 Å². The molecule has 1 saturated carbocycles. The highest BCUT2D eigenvalue weighted by molar-refractivity contribution is 6.66. The van der Waals surface area contributed by atoms with Crippen LogP contribution in [0.2, 0.25) is 5.02 Å². The van der Waals surface area contributed by atoms with Crippen molar-refractivity contribution in [2.24, 2.45) is 11.8 Å². The number of rotatable bonds is 7. The smallest absolute Gasteiger partial charge is 0.343 e. The predicted octanol–water partition coefficient (Wildman–Crippen LogP) is 7.25. The number of hydrogen-bond donors (Lipinski definition) is 0. The summed E-state index contributed by atoms with van der Waals surface area (Å²) in [6.45, 7) is -0.809. The lowest BCUT2D eigenvalue weighted by Crippen LogP contribution is -2.56. The average molecular weight is 762 g/mol. The zero-order chi connectivity index (χ0) is 33.3. The molecule has 1 heterocycles. The van der Waals surface area contributed by atoms with Crippen molar-refractivity contribution in [2.75, 3.05) is 6.54 Å². The number of amides is 3. The number of benzene rings is 3. The Morgan fingerprint density at radius 3 is 1.78 bits per heavy atom. The second-order valence-corrected chi connectivity index (χ2v) is 14.3. The number of Topliss-reactive ketones (excluding diaryl/α,β-unsaturated/α-hetero) is 1. The molecule has 3 aromatic carbocycles. The number of carbonyl (C=O) groups is 5. The van der Waals surface area contributed by atoms with Crippen molar-refractivity contribution in [2.45, 2.75) is 14.1 Å². The van der Waals surface area contributed by atoms with E-state index < -0.39 is 61.9 Å². The van der Waals surface area contributed by atoms with Gasteiger partial charge in [0.15, 0.2) is 10.1 Å². The summed E-state index contributed by atoms with van der Waals surface area (Å²) in [5.41, 5.74) is 0.275. The van der Waals surface area contributed by atoms with Gasteiger partial charge in [0.25, 0.3) is 17.7 Å². The third kappa shape index (κ3) is 4.60. The first-order valence-electron chi connectivity index (χ1n) is 13.3. The summed E-state index contributed by atoms with van der Waals surface area (Å²) >= 11 is 45.9. The Bertz CT molecular complexity index is 1820. The highest BCUT2D eigenvalue weighted by Gasteiger charge is 2.88. The number of nitrogens with zero attached hydrogens (tertiary/aromatic N) is 2. The van der Waals surface area contributed by atoms with Crippen molar-refractivity contribution >= 4 is 111 Å². The Kier molecular flexibility index (Phi) is 8.42. The zero-order valence-corrected chi connectivity index (χ0v) is 28.1. The van der Waals surface area contributed by atoms with Gasteiger partial charge >= 0.3 is 5.97 Å². The lowest BCUT2D eigenvalue weighted by Gasteiger charge is -2.36. The van der Waals surface area contributed by atoms with E-state index in [1.807, 2.05) is 0 Å². The van der Waals surface area contributed by atoms with E-state index in [1.54, 1.807) is 36.4 Å². The third-order valence-electron chi connectivity index (χ3n) is 8.16. The van der Waals surface area contributed by atoms with Gasteiger partial charge in [-0.15, -0.1) is 23.2 Å². The summed E-state index contributed by atoms with van der Waals surface area (Å²) < 4.78 is 3.17. The molecule has 3 amide bonds. The zero-order valence-electron chi connectivity index (χ0n) is 22.9. The molecule has 0 aromatic heterocycles. The number of fused-ring (bicyclic) bond motifs is 5. The molecule has 0 spiro atoms. The van der Waals surface area contributed by atoms with Crippen molar-refractivity contribution in [3.05, 3.63) is 111 Å². The maximum atomic E-state index is 14.1. The summed E-state index contributed by atoms with van der Waals surface area (Å²) in [4.78, 5) is 63.8. The van der Waals surface area contributed by atoms with Crippen LogP contribution < -0.4 is 4.74 Å². The minimum atomic E-state index is -2.19. The fraction of sp³-hybridized carbons (Fsp3) is 0.194. The molecular weight excluding hydrogens is 745 g/mol. The van der Waals surface area contributed by atoms with Gasteiger partial charge in [-0.25, -0.2) is 9.80 Å². The molecular formula is C31H17Cl7N2O6. The minimum Gasteiger partial charge on any atom is -0.423 e. The summed E-state index contributed by atoms with van der Waals surface area (Å²) in [7, 11) is 0. The molecule has 1 saturated heterocycles. The number of imide groups is 1. The minimum absolute atomic E-state index is 0.00944. The predicted molar refractivity (Wildman–Crippen MR) is 174 cm³/mol. The number of alkyl halides is 4. The fourth-order valence-electron chi connectivity index (χ4n) is 5.90. The van der Waals surface area contributed by atoms with Crippen LogP contribution in [-0.4, -0.2) is 60.1 Å². The molecule has 0 N–H and O–H groups in total. The van der Waals surface area contributed by atoms with Crippen LogP contribution in [0.1, 0.15) is 31.1 Å². The van der Waals surface area contributed by atoms with Crippen LogP contribution in [0.4, 0.5) is 0 Å². The number of carbonyl (C=O) groups excluding carboxylic acids is 5. The number of ketones is 1. The Balaban J connectivity index is 1.33. The Morgan fingerprint density at radius 2 is 1.24 bits per heavy atom. The highest BCUT2D eigenvalue weighted by Crippen LogP contribution is 2.77. The van der Waals surface area contributed by atoms with Gasteiger partial charge in [-0.1, -0.05) is 88.3 Å². The number of allylic oxidation sites excluding steroid dienone is 2. The first-order valence-corrected chi connectivity index (χ1v) is 16.0. The molecule has 3 aliphatic rings. The number of hydrazine groups is 1. The van der Waals surface area contributed by atoms with E-state index in [4.69, 9.17) is 85.9 Å². The summed E-state index contributed by atoms with van der Waals surface area (Å²) in [5, 5.41) is 0.513. The van der Waals surface area contributed by atoms with Crippen molar-refractivity contribution in [3.63, 3.8) is 0 Å². The van der Waals surface area contributed by atoms with Crippen LogP contribution in [0, 0.1) is 11.8 Å². The standard InChI is InChI=1S/C31H17Cl7N2O6/c32-19-9-5-4-8-18(19)25(42)39(14-20(41)15-10-12-17(13-11-15)46-28(45)16-6-2-1-3-7-16)40-26(43)21-22(27(40)44)30(36)24(34)23(33)29(21,35)31(30,37)38/h1-13,21-22H,14H2/t21-,22-,29+,30+/m0/s1. The lowest BCUT2D eigenvalue weighted by atomic mass is 9.84. The van der Waals surface area contributed by atoms with Crippen LogP contribution in [-0.2, 0) is 9.59 Å². The third-order valence-corrected chi connectivity index (χ3v) is 12.7. The first-order chi connectivity index (χ1) is 21.7. The Morgan fingerprint density at radius 1 is 0.717 bits per heavy atom. The van der Waals surface area contributed by atoms with E-state index in [-0.39, 0.29) is 32.0 Å². The van der Waals surface area contributed by atoms with Gasteiger partial charge in [0.1, 0.15) is 22.0 Å². The van der Waals surface area contributed by atoms with Crippen molar-refractivity contribution in [3.8, 4) is 5.75 Å². The van der Waals surface area contributed by atoms with E-state index in [9.17, 15) is 24.0 Å². The van der Waals surface area contributed by atoms with E-state index in [0.717, 1.165) is 0 Å². The Hall–Kier alpha value is -2.82. The molecule has 4 atom stereocenters. The molecule has 1 aliphatic heterocycles. The second-order valence-electron chi connectivity index (χ2n) is 10.6. The van der Waals surface area contributed by atoms with Gasteiger partial charge in [0, 0.05) is 5.56 Å². The van der Waals surface area contributed by atoms with Crippen molar-refractivity contribution in [1.82, 2.24) is 10.0 Å². The highest BCUT2D eigenvalue weighted by atomic mass is 35.5. The summed E-state index contributed by atoms with van der Waals surface area (Å²) in [6, 6.07) is 19.6. The molecule has 0 radical (unpaired) electrons. The number of ether oxygens (including phenoxy) is 1. The van der Waals surface area contributed by atoms with Gasteiger partial charge < -0.3 is 4.74 Å². The maximum absolute atomic E-state index is 14.1. The maximum Gasteiger partial charge on any atom is 0.343 e. The van der Waals surface area contributed by atoms with Crippen LogP contribution in [0.3, 0.4) is 0 Å². The van der Waals surface area contributed by atoms with Gasteiger partial charge in [-0.05, 0) is 48.5 Å². The van der Waals surface area contributed by atoms with Crippen molar-refractivity contribution < 1.29 is 28.7 Å². The van der Waals surface area contributed by atoms with Gasteiger partial charge in [0.2, 0.25) is 0 Å². The number of hydrogen-bond acceptors (Lipinski definition) is 6. The monoisotopic (exact) mass is 758 g/mol. The summed E-state index contributed by atoms with van der Waals surface area (Å²) in [6.07, 6.45) is 0. The quantitative estimate of drug-likeness (QED) is 0.0828. The molecule has 2 aliphatic carbocycles. The van der Waals surface area contributed by atoms with E-state index in [0.29, 0.717) is 15.6 Å². The topological polar surface area (TPSA) is 101 Å². The number of esters is 1. The lowest BCUT2D eigenvalue weighted by molar-refractivity contribution is -0.154. The fourth-order valence-corrected chi connectivity index (χ4v) is 9.05. The second kappa shape index (κ2) is 11.7. The van der Waals surface area contributed by atoms with Crippen LogP contribution in [0.5, 0.6) is 5.75 Å². The van der Waals surface area contributed by atoms with Gasteiger partial charge in [-0.2, -0.15) is 5.01 Å². The van der Waals surface area contributed by atoms with Crippen LogP contribution in [0.15, 0.2) is 88.9 Å². The van der Waals surface area contributed by atoms with Crippen LogP contribution in [0.25, 0.3) is 0 Å². The first kappa shape index (κ1) is 33.1. The molecule has 0 unspecified atom stereocenters. The molecule has 15 heteroatoms. The largest absolute Gasteiger partial charge is 0.423 e.